The molecule has 2 rings (SSSR count). The zero-order chi connectivity index (χ0) is 20.9. The number of aryl methyl sites for hydroxylation is 2. The van der Waals surface area contributed by atoms with Crippen molar-refractivity contribution < 1.29 is 9.53 Å². The van der Waals surface area contributed by atoms with Crippen molar-refractivity contribution >= 4 is 11.9 Å². The van der Waals surface area contributed by atoms with Crippen LogP contribution in [0, 0.1) is 6.92 Å². The van der Waals surface area contributed by atoms with Crippen LogP contribution in [0.25, 0.3) is 0 Å². The third kappa shape index (κ3) is 8.41. The van der Waals surface area contributed by atoms with Gasteiger partial charge in [0.05, 0.1) is 13.2 Å². The Morgan fingerprint density at radius 3 is 2.69 bits per heavy atom. The van der Waals surface area contributed by atoms with Crippen LogP contribution in [0.15, 0.2) is 17.4 Å². The highest BCUT2D eigenvalue weighted by Gasteiger charge is 2.20. The zero-order valence-corrected chi connectivity index (χ0v) is 18.2. The number of nitrogens with zero attached hydrogens (tertiary/aromatic N) is 5. The van der Waals surface area contributed by atoms with Gasteiger partial charge in [0, 0.05) is 71.9 Å². The topological polar surface area (TPSA) is 87.0 Å². The number of rotatable bonds is 11. The molecule has 164 valence electrons. The maximum Gasteiger partial charge on any atom is 0.234 e. The molecule has 1 aromatic rings. The van der Waals surface area contributed by atoms with Crippen molar-refractivity contribution in [3.63, 3.8) is 0 Å². The Labute approximate surface area is 174 Å². The maximum atomic E-state index is 11.9. The van der Waals surface area contributed by atoms with Crippen molar-refractivity contribution in [1.29, 1.82) is 0 Å². The Morgan fingerprint density at radius 1 is 1.24 bits per heavy atom. The van der Waals surface area contributed by atoms with E-state index in [1.54, 1.807) is 7.11 Å². The predicted octanol–water partition coefficient (Wildman–Crippen LogP) is 0.317. The van der Waals surface area contributed by atoms with Crippen LogP contribution in [0.5, 0.6) is 0 Å². The fraction of sp³-hybridized carbons (Fsp3) is 0.750. The quantitative estimate of drug-likeness (QED) is 0.312. The molecule has 1 aromatic heterocycles. The number of nitrogens with one attached hydrogen (secondary N) is 2. The molecule has 0 aromatic carbocycles. The molecule has 0 bridgehead atoms. The molecule has 0 saturated carbocycles. The van der Waals surface area contributed by atoms with Gasteiger partial charge in [-0.2, -0.15) is 0 Å². The van der Waals surface area contributed by atoms with E-state index < -0.39 is 0 Å². The summed E-state index contributed by atoms with van der Waals surface area (Å²) in [5.41, 5.74) is 0. The Morgan fingerprint density at radius 2 is 2.03 bits per heavy atom. The van der Waals surface area contributed by atoms with Gasteiger partial charge in [0.2, 0.25) is 5.91 Å². The summed E-state index contributed by atoms with van der Waals surface area (Å²) in [7, 11) is 1.63. The number of carbonyl (C=O) groups is 1. The van der Waals surface area contributed by atoms with Gasteiger partial charge in [-0.25, -0.2) is 4.98 Å². The largest absolute Gasteiger partial charge is 0.383 e. The van der Waals surface area contributed by atoms with Crippen molar-refractivity contribution in [1.82, 2.24) is 30.0 Å². The van der Waals surface area contributed by atoms with Gasteiger partial charge in [-0.1, -0.05) is 0 Å². The summed E-state index contributed by atoms with van der Waals surface area (Å²) in [5.74, 6) is 2.10. The number of amides is 1. The van der Waals surface area contributed by atoms with Crippen LogP contribution < -0.4 is 10.6 Å². The SMILES string of the molecule is CCNC(=NCCCCn1ccnc1C)N1CCN(CC(=O)NCCOC)CC1. The highest BCUT2D eigenvalue weighted by molar-refractivity contribution is 5.80. The number of imidazole rings is 1. The molecule has 1 aliphatic heterocycles. The molecule has 0 spiro atoms. The van der Waals surface area contributed by atoms with Crippen molar-refractivity contribution in [2.45, 2.75) is 33.2 Å². The molecular weight excluding hydrogens is 370 g/mol. The molecule has 1 aliphatic rings. The average Bonchev–Trinajstić information content (AvgIpc) is 3.12. The van der Waals surface area contributed by atoms with Crippen LogP contribution in [0.2, 0.25) is 0 Å². The van der Waals surface area contributed by atoms with Crippen LogP contribution in [-0.2, 0) is 16.1 Å². The van der Waals surface area contributed by atoms with Crippen molar-refractivity contribution in [3.8, 4) is 0 Å². The van der Waals surface area contributed by atoms with Gasteiger partial charge in [0.1, 0.15) is 5.82 Å². The molecule has 2 N–H and O–H groups in total. The van der Waals surface area contributed by atoms with E-state index in [0.717, 1.165) is 70.4 Å². The first-order valence-corrected chi connectivity index (χ1v) is 10.6. The number of hydrogen-bond acceptors (Lipinski definition) is 5. The van der Waals surface area contributed by atoms with Crippen molar-refractivity contribution in [2.24, 2.45) is 4.99 Å². The molecule has 0 unspecified atom stereocenters. The molecule has 2 heterocycles. The summed E-state index contributed by atoms with van der Waals surface area (Å²) in [5, 5.41) is 6.28. The lowest BCUT2D eigenvalue weighted by Gasteiger charge is -2.36. The lowest BCUT2D eigenvalue weighted by atomic mass is 10.3. The molecule has 1 amide bonds. The summed E-state index contributed by atoms with van der Waals surface area (Å²) >= 11 is 0. The lowest BCUT2D eigenvalue weighted by Crippen LogP contribution is -2.54. The van der Waals surface area contributed by atoms with Gasteiger partial charge in [0.25, 0.3) is 0 Å². The van der Waals surface area contributed by atoms with Gasteiger partial charge < -0.3 is 24.8 Å². The first-order valence-electron chi connectivity index (χ1n) is 10.6. The summed E-state index contributed by atoms with van der Waals surface area (Å²) in [4.78, 5) is 25.5. The number of unbranched alkanes of at least 4 members (excludes halogenated alkanes) is 1. The van der Waals surface area contributed by atoms with Crippen LogP contribution >= 0.6 is 0 Å². The second kappa shape index (κ2) is 13.2. The fourth-order valence-electron chi connectivity index (χ4n) is 3.31. The Balaban J connectivity index is 1.69. The van der Waals surface area contributed by atoms with Crippen molar-refractivity contribution in [3.05, 3.63) is 18.2 Å². The van der Waals surface area contributed by atoms with E-state index in [0.29, 0.717) is 19.7 Å². The first-order chi connectivity index (χ1) is 14.1. The minimum atomic E-state index is 0.0594. The summed E-state index contributed by atoms with van der Waals surface area (Å²) < 4.78 is 7.14. The number of guanidine groups is 1. The third-order valence-corrected chi connectivity index (χ3v) is 4.99. The molecule has 9 nitrogen and oxygen atoms in total. The molecule has 0 aliphatic carbocycles. The number of aromatic nitrogens is 2. The predicted molar refractivity (Wildman–Crippen MR) is 115 cm³/mol. The summed E-state index contributed by atoms with van der Waals surface area (Å²) in [6, 6.07) is 0. The minimum absolute atomic E-state index is 0.0594. The minimum Gasteiger partial charge on any atom is -0.383 e. The normalized spacial score (nSPS) is 15.6. The van der Waals surface area contributed by atoms with Crippen LogP contribution in [0.1, 0.15) is 25.6 Å². The van der Waals surface area contributed by atoms with Crippen LogP contribution in [0.4, 0.5) is 0 Å². The molecule has 1 saturated heterocycles. The number of hydrogen-bond donors (Lipinski definition) is 2. The Bertz CT molecular complexity index is 624. The number of aliphatic imine (C=N–C) groups is 1. The summed E-state index contributed by atoms with van der Waals surface area (Å²) in [6.07, 6.45) is 6.01. The molecule has 29 heavy (non-hydrogen) atoms. The third-order valence-electron chi connectivity index (χ3n) is 4.99. The molecule has 0 radical (unpaired) electrons. The number of carbonyl (C=O) groups excluding carboxylic acids is 1. The highest BCUT2D eigenvalue weighted by Crippen LogP contribution is 2.04. The monoisotopic (exact) mass is 407 g/mol. The van der Waals surface area contributed by atoms with Gasteiger partial charge in [-0.15, -0.1) is 0 Å². The standard InChI is InChI=1S/C20H37N7O2/c1-4-21-20(24-7-5-6-10-26-11-8-22-18(26)2)27-14-12-25(13-15-27)17-19(28)23-9-16-29-3/h8,11H,4-7,9-10,12-17H2,1-3H3,(H,21,24)(H,23,28). The number of piperazine rings is 1. The van der Waals surface area contributed by atoms with E-state index in [-0.39, 0.29) is 5.91 Å². The highest BCUT2D eigenvalue weighted by atomic mass is 16.5. The van der Waals surface area contributed by atoms with Crippen LogP contribution in [-0.4, -0.2) is 97.3 Å². The fourth-order valence-corrected chi connectivity index (χ4v) is 3.31. The second-order valence-electron chi connectivity index (χ2n) is 7.22. The van der Waals surface area contributed by atoms with Gasteiger partial charge >= 0.3 is 0 Å². The van der Waals surface area contributed by atoms with E-state index in [1.165, 1.54) is 0 Å². The van der Waals surface area contributed by atoms with E-state index in [1.807, 2.05) is 19.3 Å². The van der Waals surface area contributed by atoms with Gasteiger partial charge in [0.15, 0.2) is 5.96 Å². The van der Waals surface area contributed by atoms with Crippen LogP contribution in [0.3, 0.4) is 0 Å². The number of ether oxygens (including phenoxy) is 1. The Kier molecular flexibility index (Phi) is 10.5. The molecule has 9 heteroatoms. The van der Waals surface area contributed by atoms with E-state index in [4.69, 9.17) is 9.73 Å². The molecular formula is C20H37N7O2. The van der Waals surface area contributed by atoms with E-state index in [9.17, 15) is 4.79 Å². The van der Waals surface area contributed by atoms with E-state index in [2.05, 4.69) is 36.9 Å². The van der Waals surface area contributed by atoms with E-state index >= 15 is 0 Å². The second-order valence-corrected chi connectivity index (χ2v) is 7.22. The first kappa shape index (κ1) is 23.2. The molecule has 0 atom stereocenters. The average molecular weight is 408 g/mol. The van der Waals surface area contributed by atoms with Crippen molar-refractivity contribution in [2.75, 3.05) is 66.1 Å². The van der Waals surface area contributed by atoms with Gasteiger partial charge in [-0.3, -0.25) is 14.7 Å². The number of methoxy groups -OCH3 is 1. The zero-order valence-electron chi connectivity index (χ0n) is 18.2. The maximum absolute atomic E-state index is 11.9. The Hall–Kier alpha value is -2.13. The van der Waals surface area contributed by atoms with Gasteiger partial charge in [-0.05, 0) is 26.7 Å². The molecule has 1 fully saturated rings. The summed E-state index contributed by atoms with van der Waals surface area (Å²) in [6.45, 7) is 11.8. The lowest BCUT2D eigenvalue weighted by molar-refractivity contribution is -0.122. The smallest absolute Gasteiger partial charge is 0.234 e.